The summed E-state index contributed by atoms with van der Waals surface area (Å²) in [6, 6.07) is 17.4. The average molecular weight is 282 g/mol. The summed E-state index contributed by atoms with van der Waals surface area (Å²) in [4.78, 5) is 12.2. The molecule has 0 aromatic heterocycles. The maximum atomic E-state index is 12.2. The van der Waals surface area contributed by atoms with Crippen molar-refractivity contribution >= 4 is 17.3 Å². The Balaban J connectivity index is 1.94. The molecule has 2 rings (SSSR count). The monoisotopic (exact) mass is 282 g/mol. The normalized spacial score (nSPS) is 12.0. The molecule has 2 N–H and O–H groups in total. The van der Waals surface area contributed by atoms with E-state index in [1.807, 2.05) is 49.4 Å². The minimum atomic E-state index is -0.294. The third kappa shape index (κ3) is 4.35. The van der Waals surface area contributed by atoms with Crippen molar-refractivity contribution in [3.63, 3.8) is 0 Å². The van der Waals surface area contributed by atoms with Gasteiger partial charge in [0.25, 0.3) is 0 Å². The van der Waals surface area contributed by atoms with Crippen molar-refractivity contribution in [1.29, 1.82) is 0 Å². The Morgan fingerprint density at radius 1 is 0.857 bits per heavy atom. The summed E-state index contributed by atoms with van der Waals surface area (Å²) in [5.74, 6) is 0.449. The summed E-state index contributed by atoms with van der Waals surface area (Å²) >= 11 is 0. The zero-order valence-corrected chi connectivity index (χ0v) is 12.8. The van der Waals surface area contributed by atoms with Crippen LogP contribution in [0.25, 0.3) is 0 Å². The van der Waals surface area contributed by atoms with Crippen LogP contribution in [0, 0.1) is 0 Å². The predicted octanol–water partition coefficient (Wildman–Crippen LogP) is 4.25. The number of anilines is 2. The van der Waals surface area contributed by atoms with E-state index < -0.39 is 0 Å². The van der Waals surface area contributed by atoms with Gasteiger partial charge in [0, 0.05) is 11.4 Å². The molecule has 0 radical (unpaired) electrons. The third-order valence-electron chi connectivity index (χ3n) is 3.40. The van der Waals surface area contributed by atoms with Crippen LogP contribution in [0.15, 0.2) is 54.6 Å². The van der Waals surface area contributed by atoms with Gasteiger partial charge in [0.15, 0.2) is 0 Å². The minimum Gasteiger partial charge on any atom is -0.374 e. The predicted molar refractivity (Wildman–Crippen MR) is 88.7 cm³/mol. The van der Waals surface area contributed by atoms with Gasteiger partial charge in [0.2, 0.25) is 5.91 Å². The molecule has 0 saturated carbocycles. The first kappa shape index (κ1) is 15.1. The second-order valence-electron chi connectivity index (χ2n) is 5.50. The van der Waals surface area contributed by atoms with Crippen molar-refractivity contribution in [1.82, 2.24) is 0 Å². The molecule has 21 heavy (non-hydrogen) atoms. The van der Waals surface area contributed by atoms with E-state index >= 15 is 0 Å². The van der Waals surface area contributed by atoms with E-state index in [0.29, 0.717) is 5.92 Å². The minimum absolute atomic E-state index is 0.0452. The molecule has 0 aliphatic carbocycles. The number of hydrogen-bond acceptors (Lipinski definition) is 2. The van der Waals surface area contributed by atoms with Crippen LogP contribution in [0.4, 0.5) is 11.4 Å². The van der Waals surface area contributed by atoms with Gasteiger partial charge in [0.1, 0.15) is 6.04 Å². The van der Waals surface area contributed by atoms with Gasteiger partial charge in [0.05, 0.1) is 0 Å². The van der Waals surface area contributed by atoms with Gasteiger partial charge in [-0.1, -0.05) is 44.2 Å². The zero-order chi connectivity index (χ0) is 15.2. The van der Waals surface area contributed by atoms with Gasteiger partial charge in [-0.15, -0.1) is 0 Å². The Bertz CT molecular complexity index is 576. The van der Waals surface area contributed by atoms with Crippen molar-refractivity contribution in [3.05, 3.63) is 60.2 Å². The summed E-state index contributed by atoms with van der Waals surface area (Å²) in [5.41, 5.74) is 3.03. The van der Waals surface area contributed by atoms with Crippen LogP contribution in [0.5, 0.6) is 0 Å². The van der Waals surface area contributed by atoms with Gasteiger partial charge < -0.3 is 10.6 Å². The maximum absolute atomic E-state index is 12.2. The smallest absolute Gasteiger partial charge is 0.246 e. The van der Waals surface area contributed by atoms with Crippen LogP contribution in [0.2, 0.25) is 0 Å². The van der Waals surface area contributed by atoms with Crippen molar-refractivity contribution in [2.45, 2.75) is 32.7 Å². The molecule has 110 valence electrons. The molecular formula is C18H22N2O. The number of benzene rings is 2. The fourth-order valence-corrected chi connectivity index (χ4v) is 2.05. The van der Waals surface area contributed by atoms with Crippen LogP contribution in [-0.4, -0.2) is 11.9 Å². The highest BCUT2D eigenvalue weighted by atomic mass is 16.2. The number of nitrogens with one attached hydrogen (secondary N) is 2. The molecule has 3 heteroatoms. The lowest BCUT2D eigenvalue weighted by atomic mass is 10.0. The average Bonchev–Trinajstić information content (AvgIpc) is 2.48. The quantitative estimate of drug-likeness (QED) is 0.860. The lowest BCUT2D eigenvalue weighted by Gasteiger charge is -2.15. The maximum Gasteiger partial charge on any atom is 0.246 e. The molecule has 0 spiro atoms. The zero-order valence-electron chi connectivity index (χ0n) is 12.8. The topological polar surface area (TPSA) is 41.1 Å². The fraction of sp³-hybridized carbons (Fsp3) is 0.278. The summed E-state index contributed by atoms with van der Waals surface area (Å²) in [5, 5.41) is 6.11. The molecule has 3 nitrogen and oxygen atoms in total. The molecule has 0 fully saturated rings. The Morgan fingerprint density at radius 3 is 2.05 bits per heavy atom. The molecule has 2 aromatic rings. The SMILES string of the molecule is CC(C)c1ccc(NC(=O)[C@H](C)Nc2ccccc2)cc1. The number of carbonyl (C=O) groups excluding carboxylic acids is 1. The number of carbonyl (C=O) groups is 1. The van der Waals surface area contributed by atoms with Crippen LogP contribution in [0.3, 0.4) is 0 Å². The van der Waals surface area contributed by atoms with Gasteiger partial charge >= 0.3 is 0 Å². The Hall–Kier alpha value is -2.29. The van der Waals surface area contributed by atoms with Crippen LogP contribution < -0.4 is 10.6 Å². The number of amides is 1. The number of hydrogen-bond donors (Lipinski definition) is 2. The summed E-state index contributed by atoms with van der Waals surface area (Å²) in [6.45, 7) is 6.16. The number of rotatable bonds is 5. The summed E-state index contributed by atoms with van der Waals surface area (Å²) in [6.07, 6.45) is 0. The van der Waals surface area contributed by atoms with Crippen LogP contribution in [-0.2, 0) is 4.79 Å². The Labute approximate surface area is 126 Å². The van der Waals surface area contributed by atoms with Crippen molar-refractivity contribution in [3.8, 4) is 0 Å². The van der Waals surface area contributed by atoms with Gasteiger partial charge in [-0.2, -0.15) is 0 Å². The van der Waals surface area contributed by atoms with E-state index in [-0.39, 0.29) is 11.9 Å². The lowest BCUT2D eigenvalue weighted by molar-refractivity contribution is -0.116. The van der Waals surface area contributed by atoms with E-state index in [0.717, 1.165) is 11.4 Å². The molecule has 1 atom stereocenters. The first-order valence-corrected chi connectivity index (χ1v) is 7.28. The van der Waals surface area contributed by atoms with Gasteiger partial charge in [-0.05, 0) is 42.7 Å². The molecule has 0 unspecified atom stereocenters. The highest BCUT2D eigenvalue weighted by Gasteiger charge is 2.12. The van der Waals surface area contributed by atoms with E-state index in [1.165, 1.54) is 5.56 Å². The first-order valence-electron chi connectivity index (χ1n) is 7.28. The van der Waals surface area contributed by atoms with E-state index in [1.54, 1.807) is 0 Å². The molecule has 0 bridgehead atoms. The van der Waals surface area contributed by atoms with E-state index in [2.05, 4.69) is 36.6 Å². The second-order valence-corrected chi connectivity index (χ2v) is 5.50. The highest BCUT2D eigenvalue weighted by molar-refractivity contribution is 5.96. The van der Waals surface area contributed by atoms with Crippen molar-refractivity contribution in [2.24, 2.45) is 0 Å². The Morgan fingerprint density at radius 2 is 1.48 bits per heavy atom. The van der Waals surface area contributed by atoms with Crippen molar-refractivity contribution in [2.75, 3.05) is 10.6 Å². The highest BCUT2D eigenvalue weighted by Crippen LogP contribution is 2.17. The lowest BCUT2D eigenvalue weighted by Crippen LogP contribution is -2.31. The molecule has 1 amide bonds. The summed E-state index contributed by atoms with van der Waals surface area (Å²) in [7, 11) is 0. The molecule has 0 saturated heterocycles. The largest absolute Gasteiger partial charge is 0.374 e. The molecule has 0 aliphatic rings. The van der Waals surface area contributed by atoms with Crippen LogP contribution in [0.1, 0.15) is 32.3 Å². The van der Waals surface area contributed by atoms with E-state index in [4.69, 9.17) is 0 Å². The molecular weight excluding hydrogens is 260 g/mol. The van der Waals surface area contributed by atoms with E-state index in [9.17, 15) is 4.79 Å². The third-order valence-corrected chi connectivity index (χ3v) is 3.40. The second kappa shape index (κ2) is 6.93. The van der Waals surface area contributed by atoms with Gasteiger partial charge in [-0.3, -0.25) is 4.79 Å². The fourth-order valence-electron chi connectivity index (χ4n) is 2.05. The molecule has 0 heterocycles. The van der Waals surface area contributed by atoms with Gasteiger partial charge in [-0.25, -0.2) is 0 Å². The standard InChI is InChI=1S/C18H22N2O/c1-13(2)15-9-11-17(12-10-15)20-18(21)14(3)19-16-7-5-4-6-8-16/h4-14,19H,1-3H3,(H,20,21)/t14-/m0/s1. The number of para-hydroxylation sites is 1. The Kier molecular flexibility index (Phi) is 4.99. The van der Waals surface area contributed by atoms with Crippen molar-refractivity contribution < 1.29 is 4.79 Å². The summed E-state index contributed by atoms with van der Waals surface area (Å²) < 4.78 is 0. The molecule has 0 aliphatic heterocycles. The first-order chi connectivity index (χ1) is 10.1. The van der Waals surface area contributed by atoms with Crippen LogP contribution >= 0.6 is 0 Å². The molecule has 2 aromatic carbocycles.